The van der Waals surface area contributed by atoms with Gasteiger partial charge in [0, 0.05) is 48.4 Å². The second kappa shape index (κ2) is 9.99. The zero-order chi connectivity index (χ0) is 22.2. The third kappa shape index (κ3) is 5.54. The Morgan fingerprint density at radius 2 is 1.84 bits per heavy atom. The van der Waals surface area contributed by atoms with E-state index in [9.17, 15) is 9.90 Å². The monoisotopic (exact) mass is 424 g/mol. The number of nitrogens with one attached hydrogen (secondary N) is 1. The molecule has 0 unspecified atom stereocenters. The Balaban J connectivity index is 1.48. The molecule has 4 rings (SSSR count). The van der Waals surface area contributed by atoms with Gasteiger partial charge in [-0.3, -0.25) is 4.98 Å². The standard InChI is InChI=1S/C25H20N4O3/c30-25(31)15-21(19-5-4-13-26-17-19)22-6-3-8-24(29-22)32-20-11-9-18(10-12-20)16-28-23-7-1-2-14-27-23/h1-15,17H,16H2,(H,27,28)(H,30,31)/b21-15-. The molecule has 0 atom stereocenters. The molecule has 0 saturated heterocycles. The normalized spacial score (nSPS) is 11.1. The summed E-state index contributed by atoms with van der Waals surface area (Å²) in [6, 6.07) is 22.1. The summed E-state index contributed by atoms with van der Waals surface area (Å²) in [5.41, 5.74) is 2.67. The van der Waals surface area contributed by atoms with E-state index >= 15 is 0 Å². The molecular weight excluding hydrogens is 404 g/mol. The predicted molar refractivity (Wildman–Crippen MR) is 121 cm³/mol. The summed E-state index contributed by atoms with van der Waals surface area (Å²) in [6.07, 6.45) is 6.09. The molecule has 3 heterocycles. The van der Waals surface area contributed by atoms with Crippen molar-refractivity contribution in [1.29, 1.82) is 0 Å². The number of ether oxygens (including phenoxy) is 1. The van der Waals surface area contributed by atoms with Crippen molar-refractivity contribution in [2.24, 2.45) is 0 Å². The minimum Gasteiger partial charge on any atom is -0.478 e. The SMILES string of the molecule is O=C(O)/C=C(/c1cccnc1)c1cccc(Oc2ccc(CNc3ccccn3)cc2)n1. The van der Waals surface area contributed by atoms with Gasteiger partial charge in [-0.05, 0) is 42.0 Å². The van der Waals surface area contributed by atoms with Crippen molar-refractivity contribution in [3.05, 3.63) is 114 Å². The first-order valence-corrected chi connectivity index (χ1v) is 9.91. The van der Waals surface area contributed by atoms with E-state index in [4.69, 9.17) is 4.74 Å². The quantitative estimate of drug-likeness (QED) is 0.392. The number of rotatable bonds is 8. The van der Waals surface area contributed by atoms with Gasteiger partial charge in [0.05, 0.1) is 5.69 Å². The number of carbonyl (C=O) groups is 1. The highest BCUT2D eigenvalue weighted by Crippen LogP contribution is 2.25. The fraction of sp³-hybridized carbons (Fsp3) is 0.0400. The number of aromatic nitrogens is 3. The molecule has 0 saturated carbocycles. The van der Waals surface area contributed by atoms with E-state index < -0.39 is 5.97 Å². The highest BCUT2D eigenvalue weighted by atomic mass is 16.5. The van der Waals surface area contributed by atoms with Crippen LogP contribution < -0.4 is 10.1 Å². The van der Waals surface area contributed by atoms with Crippen LogP contribution in [0.2, 0.25) is 0 Å². The molecule has 0 fully saturated rings. The maximum Gasteiger partial charge on any atom is 0.329 e. The molecule has 4 aromatic rings. The fourth-order valence-electron chi connectivity index (χ4n) is 3.03. The van der Waals surface area contributed by atoms with Gasteiger partial charge in [-0.15, -0.1) is 0 Å². The second-order valence-corrected chi connectivity index (χ2v) is 6.81. The van der Waals surface area contributed by atoms with Crippen LogP contribution in [0.5, 0.6) is 11.6 Å². The molecule has 2 N–H and O–H groups in total. The van der Waals surface area contributed by atoms with Crippen LogP contribution in [0.3, 0.4) is 0 Å². The van der Waals surface area contributed by atoms with E-state index in [0.29, 0.717) is 35.0 Å². The lowest BCUT2D eigenvalue weighted by molar-refractivity contribution is -0.131. The number of anilines is 1. The molecule has 7 nitrogen and oxygen atoms in total. The van der Waals surface area contributed by atoms with Crippen molar-refractivity contribution in [2.45, 2.75) is 6.54 Å². The third-order valence-electron chi connectivity index (χ3n) is 4.52. The number of aliphatic carboxylic acids is 1. The summed E-state index contributed by atoms with van der Waals surface area (Å²) in [7, 11) is 0. The van der Waals surface area contributed by atoms with E-state index in [1.165, 1.54) is 0 Å². The molecule has 0 spiro atoms. The third-order valence-corrected chi connectivity index (χ3v) is 4.52. The highest BCUT2D eigenvalue weighted by molar-refractivity contribution is 5.94. The molecule has 3 aromatic heterocycles. The molecule has 0 amide bonds. The van der Waals surface area contributed by atoms with Crippen molar-refractivity contribution >= 4 is 17.4 Å². The Hall–Kier alpha value is -4.52. The Labute approximate surface area is 185 Å². The van der Waals surface area contributed by atoms with Crippen LogP contribution in [0.25, 0.3) is 5.57 Å². The van der Waals surface area contributed by atoms with E-state index in [-0.39, 0.29) is 0 Å². The van der Waals surface area contributed by atoms with Crippen LogP contribution in [0.4, 0.5) is 5.82 Å². The molecule has 0 radical (unpaired) electrons. The topological polar surface area (TPSA) is 97.2 Å². The lowest BCUT2D eigenvalue weighted by Crippen LogP contribution is -2.01. The van der Waals surface area contributed by atoms with Crippen LogP contribution >= 0.6 is 0 Å². The number of carboxylic acid groups (broad SMARTS) is 1. The Kier molecular flexibility index (Phi) is 6.48. The number of carboxylic acids is 1. The van der Waals surface area contributed by atoms with Gasteiger partial charge in [-0.2, -0.15) is 0 Å². The maximum absolute atomic E-state index is 11.3. The molecule has 0 aliphatic rings. The largest absolute Gasteiger partial charge is 0.478 e. The van der Waals surface area contributed by atoms with Gasteiger partial charge in [0.15, 0.2) is 0 Å². The minimum atomic E-state index is -1.06. The second-order valence-electron chi connectivity index (χ2n) is 6.81. The molecule has 0 bridgehead atoms. The summed E-state index contributed by atoms with van der Waals surface area (Å²) in [6.45, 7) is 0.638. The van der Waals surface area contributed by atoms with Crippen LogP contribution in [-0.4, -0.2) is 26.0 Å². The predicted octanol–water partition coefficient (Wildman–Crippen LogP) is 4.79. The molecule has 1 aromatic carbocycles. The number of hydrogen-bond acceptors (Lipinski definition) is 6. The van der Waals surface area contributed by atoms with Crippen molar-refractivity contribution in [2.75, 3.05) is 5.32 Å². The number of hydrogen-bond donors (Lipinski definition) is 2. The van der Waals surface area contributed by atoms with Crippen LogP contribution in [0, 0.1) is 0 Å². The smallest absolute Gasteiger partial charge is 0.329 e. The van der Waals surface area contributed by atoms with E-state index in [1.807, 2.05) is 42.5 Å². The van der Waals surface area contributed by atoms with E-state index in [0.717, 1.165) is 17.5 Å². The van der Waals surface area contributed by atoms with Gasteiger partial charge in [0.25, 0.3) is 0 Å². The van der Waals surface area contributed by atoms with Crippen LogP contribution in [0.15, 0.2) is 97.5 Å². The van der Waals surface area contributed by atoms with Gasteiger partial charge in [-0.1, -0.05) is 30.3 Å². The molecule has 0 aliphatic carbocycles. The van der Waals surface area contributed by atoms with Crippen molar-refractivity contribution < 1.29 is 14.6 Å². The van der Waals surface area contributed by atoms with Gasteiger partial charge >= 0.3 is 5.97 Å². The van der Waals surface area contributed by atoms with Gasteiger partial charge in [-0.25, -0.2) is 14.8 Å². The first kappa shape index (κ1) is 20.7. The lowest BCUT2D eigenvalue weighted by atomic mass is 10.0. The molecular formula is C25H20N4O3. The van der Waals surface area contributed by atoms with Gasteiger partial charge in [0.1, 0.15) is 11.6 Å². The zero-order valence-electron chi connectivity index (χ0n) is 17.1. The molecule has 0 aliphatic heterocycles. The fourth-order valence-corrected chi connectivity index (χ4v) is 3.03. The summed E-state index contributed by atoms with van der Waals surface area (Å²) in [5, 5.41) is 12.5. The minimum absolute atomic E-state index is 0.363. The van der Waals surface area contributed by atoms with Gasteiger partial charge in [0.2, 0.25) is 5.88 Å². The summed E-state index contributed by atoms with van der Waals surface area (Å²) >= 11 is 0. The van der Waals surface area contributed by atoms with E-state index in [2.05, 4.69) is 20.3 Å². The van der Waals surface area contributed by atoms with Crippen LogP contribution in [0.1, 0.15) is 16.8 Å². The van der Waals surface area contributed by atoms with Crippen molar-refractivity contribution in [3.63, 3.8) is 0 Å². The lowest BCUT2D eigenvalue weighted by Gasteiger charge is -2.10. The summed E-state index contributed by atoms with van der Waals surface area (Å²) in [5.74, 6) is 0.739. The highest BCUT2D eigenvalue weighted by Gasteiger charge is 2.11. The number of nitrogens with zero attached hydrogens (tertiary/aromatic N) is 3. The summed E-state index contributed by atoms with van der Waals surface area (Å²) < 4.78 is 5.89. The molecule has 158 valence electrons. The van der Waals surface area contributed by atoms with Gasteiger partial charge < -0.3 is 15.2 Å². The molecule has 7 heteroatoms. The maximum atomic E-state index is 11.3. The number of pyridine rings is 3. The van der Waals surface area contributed by atoms with Crippen molar-refractivity contribution in [1.82, 2.24) is 15.0 Å². The Morgan fingerprint density at radius 1 is 0.969 bits per heavy atom. The van der Waals surface area contributed by atoms with E-state index in [1.54, 1.807) is 48.9 Å². The Bertz CT molecular complexity index is 1210. The summed E-state index contributed by atoms with van der Waals surface area (Å²) in [4.78, 5) is 24.1. The first-order chi connectivity index (χ1) is 15.7. The zero-order valence-corrected chi connectivity index (χ0v) is 17.1. The first-order valence-electron chi connectivity index (χ1n) is 9.91. The molecule has 32 heavy (non-hydrogen) atoms. The number of benzene rings is 1. The van der Waals surface area contributed by atoms with Crippen molar-refractivity contribution in [3.8, 4) is 11.6 Å². The Morgan fingerprint density at radius 3 is 2.56 bits per heavy atom. The van der Waals surface area contributed by atoms with Crippen LogP contribution in [-0.2, 0) is 11.3 Å². The average Bonchev–Trinajstić information content (AvgIpc) is 2.83. The average molecular weight is 424 g/mol.